The minimum Gasteiger partial charge on any atom is -0.309 e. The molecule has 12 rings (SSSR count). The molecule has 2 nitrogen and oxygen atoms in total. The second-order valence-electron chi connectivity index (χ2n) is 14.9. The first-order chi connectivity index (χ1) is 27.8. The van der Waals surface area contributed by atoms with Crippen LogP contribution in [0.25, 0.3) is 110 Å². The van der Waals surface area contributed by atoms with E-state index in [0.717, 1.165) is 5.69 Å². The Morgan fingerprint density at radius 2 is 0.732 bits per heavy atom. The summed E-state index contributed by atoms with van der Waals surface area (Å²) in [4.78, 5) is 0. The number of aromatic nitrogens is 2. The van der Waals surface area contributed by atoms with E-state index < -0.39 is 0 Å². The Morgan fingerprint density at radius 3 is 1.43 bits per heavy atom. The summed E-state index contributed by atoms with van der Waals surface area (Å²) < 4.78 is 4.87. The summed E-state index contributed by atoms with van der Waals surface area (Å²) in [6.45, 7) is 0. The average molecular weight is 711 g/mol. The molecule has 0 radical (unpaired) electrons. The fourth-order valence-corrected chi connectivity index (χ4v) is 9.33. The van der Waals surface area contributed by atoms with Gasteiger partial charge in [0.1, 0.15) is 0 Å². The molecule has 2 heterocycles. The van der Waals surface area contributed by atoms with Crippen LogP contribution >= 0.6 is 0 Å². The Bertz CT molecular complexity index is 3520. The number of hydrogen-bond donors (Lipinski definition) is 0. The van der Waals surface area contributed by atoms with Crippen molar-refractivity contribution in [1.82, 2.24) is 9.13 Å². The second-order valence-corrected chi connectivity index (χ2v) is 14.9. The van der Waals surface area contributed by atoms with Gasteiger partial charge in [-0.05, 0) is 104 Å². The Labute approximate surface area is 323 Å². The van der Waals surface area contributed by atoms with Gasteiger partial charge in [-0.3, -0.25) is 0 Å². The topological polar surface area (TPSA) is 9.86 Å². The smallest absolute Gasteiger partial charge is 0.0546 e. The van der Waals surface area contributed by atoms with Crippen molar-refractivity contribution < 1.29 is 0 Å². The highest BCUT2D eigenvalue weighted by atomic mass is 15.0. The van der Waals surface area contributed by atoms with Crippen LogP contribution in [0.2, 0.25) is 0 Å². The molecule has 2 heteroatoms. The van der Waals surface area contributed by atoms with Crippen LogP contribution in [-0.4, -0.2) is 9.13 Å². The highest BCUT2D eigenvalue weighted by Gasteiger charge is 2.18. The van der Waals surface area contributed by atoms with E-state index in [2.05, 4.69) is 215 Å². The molecule has 2 aromatic heterocycles. The van der Waals surface area contributed by atoms with Crippen molar-refractivity contribution >= 4 is 75.9 Å². The van der Waals surface area contributed by atoms with Gasteiger partial charge in [0, 0.05) is 32.6 Å². The minimum atomic E-state index is 1.16. The van der Waals surface area contributed by atoms with Crippen LogP contribution in [0.4, 0.5) is 0 Å². The Kier molecular flexibility index (Phi) is 6.66. The van der Waals surface area contributed by atoms with Crippen LogP contribution < -0.4 is 0 Å². The molecule has 12 aromatic rings. The summed E-state index contributed by atoms with van der Waals surface area (Å²) in [5.74, 6) is 0. The fourth-order valence-electron chi connectivity index (χ4n) is 9.33. The van der Waals surface area contributed by atoms with Crippen molar-refractivity contribution in [2.24, 2.45) is 0 Å². The van der Waals surface area contributed by atoms with Crippen LogP contribution in [0.15, 0.2) is 206 Å². The molecule has 0 unspecified atom stereocenters. The minimum absolute atomic E-state index is 1.16. The normalized spacial score (nSPS) is 11.9. The van der Waals surface area contributed by atoms with E-state index in [1.807, 2.05) is 0 Å². The quantitative estimate of drug-likeness (QED) is 0.161. The van der Waals surface area contributed by atoms with E-state index in [-0.39, 0.29) is 0 Å². The van der Waals surface area contributed by atoms with Gasteiger partial charge < -0.3 is 9.13 Å². The van der Waals surface area contributed by atoms with Crippen molar-refractivity contribution in [3.05, 3.63) is 206 Å². The lowest BCUT2D eigenvalue weighted by Crippen LogP contribution is -1.96. The number of rotatable bonds is 4. The first kappa shape index (κ1) is 31.0. The summed E-state index contributed by atoms with van der Waals surface area (Å²) >= 11 is 0. The van der Waals surface area contributed by atoms with Crippen molar-refractivity contribution in [2.75, 3.05) is 0 Å². The van der Waals surface area contributed by atoms with Gasteiger partial charge in [0.25, 0.3) is 0 Å². The molecular formula is C54H34N2. The molecule has 0 saturated heterocycles. The summed E-state index contributed by atoms with van der Waals surface area (Å²) in [5.41, 5.74) is 12.1. The third-order valence-corrected chi connectivity index (χ3v) is 11.9. The maximum atomic E-state index is 2.46. The summed E-state index contributed by atoms with van der Waals surface area (Å²) in [5, 5.41) is 12.6. The zero-order valence-electron chi connectivity index (χ0n) is 30.5. The van der Waals surface area contributed by atoms with E-state index in [9.17, 15) is 0 Å². The van der Waals surface area contributed by atoms with Crippen LogP contribution in [0.1, 0.15) is 0 Å². The largest absolute Gasteiger partial charge is 0.309 e. The van der Waals surface area contributed by atoms with Crippen molar-refractivity contribution in [3.63, 3.8) is 0 Å². The highest BCUT2D eigenvalue weighted by molar-refractivity contribution is 6.16. The van der Waals surface area contributed by atoms with Gasteiger partial charge >= 0.3 is 0 Å². The van der Waals surface area contributed by atoms with E-state index in [1.54, 1.807) is 0 Å². The molecule has 10 aromatic carbocycles. The molecule has 0 aliphatic rings. The van der Waals surface area contributed by atoms with Crippen LogP contribution in [0.3, 0.4) is 0 Å². The zero-order valence-corrected chi connectivity index (χ0v) is 30.5. The molecular weight excluding hydrogens is 677 g/mol. The number of para-hydroxylation sites is 2. The molecule has 0 N–H and O–H groups in total. The Morgan fingerprint density at radius 1 is 0.250 bits per heavy atom. The van der Waals surface area contributed by atoms with Gasteiger partial charge in [-0.15, -0.1) is 0 Å². The predicted octanol–water partition coefficient (Wildman–Crippen LogP) is 14.7. The van der Waals surface area contributed by atoms with Crippen molar-refractivity contribution in [3.8, 4) is 33.6 Å². The summed E-state index contributed by atoms with van der Waals surface area (Å²) in [7, 11) is 0. The molecule has 0 aliphatic carbocycles. The van der Waals surface area contributed by atoms with Gasteiger partial charge in [0.05, 0.1) is 27.8 Å². The molecule has 0 bridgehead atoms. The predicted molar refractivity (Wildman–Crippen MR) is 239 cm³/mol. The third-order valence-electron chi connectivity index (χ3n) is 11.9. The lowest BCUT2D eigenvalue weighted by Gasteiger charge is -2.14. The van der Waals surface area contributed by atoms with Crippen LogP contribution in [0.5, 0.6) is 0 Å². The van der Waals surface area contributed by atoms with E-state index >= 15 is 0 Å². The molecule has 0 atom stereocenters. The van der Waals surface area contributed by atoms with Crippen molar-refractivity contribution in [2.45, 2.75) is 0 Å². The molecule has 0 spiro atoms. The molecule has 0 amide bonds. The van der Waals surface area contributed by atoms with E-state index in [0.29, 0.717) is 0 Å². The summed E-state index contributed by atoms with van der Waals surface area (Å²) in [6, 6.07) is 75.8. The number of hydrogen-bond acceptors (Lipinski definition) is 0. The van der Waals surface area contributed by atoms with E-state index in [4.69, 9.17) is 0 Å². The van der Waals surface area contributed by atoms with Crippen LogP contribution in [-0.2, 0) is 0 Å². The fraction of sp³-hybridized carbons (Fsp3) is 0. The SMILES string of the molecule is c1ccc2c(-c3ccc(-n4c5ccccc5c5cc(-c6ccc7c(c6)c6ccccc6n7-c6cc7ccccc7c7ccccc67)ccc54)cc3)cccc2c1. The lowest BCUT2D eigenvalue weighted by atomic mass is 9.98. The standard InChI is InChI=1S/C54H34N2/c1-3-15-41-35(12-1)14-11-21-42(41)36-24-28-40(29-25-36)55-50-22-9-7-19-46(50)48-32-37(26-30-52(48)55)38-27-31-53-49(33-38)47-20-8-10-23-51(47)56(53)54-34-39-13-2-4-16-43(39)44-17-5-6-18-45(44)54/h1-34H. The lowest BCUT2D eigenvalue weighted by molar-refractivity contribution is 1.18. The van der Waals surface area contributed by atoms with Gasteiger partial charge in [0.15, 0.2) is 0 Å². The van der Waals surface area contributed by atoms with Crippen LogP contribution in [0, 0.1) is 0 Å². The molecule has 0 fully saturated rings. The van der Waals surface area contributed by atoms with Gasteiger partial charge in [-0.1, -0.05) is 152 Å². The number of benzene rings is 10. The molecule has 56 heavy (non-hydrogen) atoms. The van der Waals surface area contributed by atoms with Gasteiger partial charge in [-0.2, -0.15) is 0 Å². The Hall–Kier alpha value is -7.42. The third kappa shape index (κ3) is 4.57. The monoisotopic (exact) mass is 710 g/mol. The first-order valence-electron chi connectivity index (χ1n) is 19.3. The van der Waals surface area contributed by atoms with E-state index in [1.165, 1.54) is 104 Å². The zero-order chi connectivity index (χ0) is 36.7. The molecule has 0 aliphatic heterocycles. The average Bonchev–Trinajstić information content (AvgIpc) is 3.78. The van der Waals surface area contributed by atoms with Gasteiger partial charge in [0.2, 0.25) is 0 Å². The first-order valence-corrected chi connectivity index (χ1v) is 19.3. The molecule has 260 valence electrons. The summed E-state index contributed by atoms with van der Waals surface area (Å²) in [6.07, 6.45) is 0. The second kappa shape index (κ2) is 12.0. The molecule has 0 saturated carbocycles. The maximum absolute atomic E-state index is 2.46. The van der Waals surface area contributed by atoms with Crippen molar-refractivity contribution in [1.29, 1.82) is 0 Å². The maximum Gasteiger partial charge on any atom is 0.0546 e. The Balaban J connectivity index is 1.01. The highest BCUT2D eigenvalue weighted by Crippen LogP contribution is 2.41. The number of nitrogens with zero attached hydrogens (tertiary/aromatic N) is 2. The van der Waals surface area contributed by atoms with Gasteiger partial charge in [-0.25, -0.2) is 0 Å². The number of fused-ring (bicyclic) bond motifs is 10.